The van der Waals surface area contributed by atoms with E-state index in [2.05, 4.69) is 24.5 Å². The Morgan fingerprint density at radius 1 is 1.00 bits per heavy atom. The highest BCUT2D eigenvalue weighted by molar-refractivity contribution is 6.31. The molecule has 0 radical (unpaired) electrons. The number of amides is 2. The Morgan fingerprint density at radius 3 is 2.38 bits per heavy atom. The van der Waals surface area contributed by atoms with E-state index < -0.39 is 6.10 Å². The summed E-state index contributed by atoms with van der Waals surface area (Å²) in [5, 5.41) is 5.94. The molecule has 1 atom stereocenters. The molecule has 0 saturated carbocycles. The minimum Gasteiger partial charge on any atom is -0.496 e. The molecule has 6 nitrogen and oxygen atoms in total. The Morgan fingerprint density at radius 2 is 1.69 bits per heavy atom. The lowest BCUT2D eigenvalue weighted by molar-refractivity contribution is -0.127. The number of methoxy groups -OCH3 is 1. The van der Waals surface area contributed by atoms with Gasteiger partial charge in [-0.25, -0.2) is 0 Å². The van der Waals surface area contributed by atoms with Crippen LogP contribution in [0, 0.1) is 0 Å². The van der Waals surface area contributed by atoms with Crippen LogP contribution in [0.2, 0.25) is 5.02 Å². The molecule has 2 N–H and O–H groups in total. The molecule has 2 rings (SSSR count). The third kappa shape index (κ3) is 6.39. The van der Waals surface area contributed by atoms with E-state index in [0.717, 1.165) is 5.56 Å². The van der Waals surface area contributed by atoms with Gasteiger partial charge in [-0.2, -0.15) is 0 Å². The van der Waals surface area contributed by atoms with Crippen molar-refractivity contribution < 1.29 is 19.1 Å². The Bertz CT molecular complexity index is 854. The molecule has 1 unspecified atom stereocenters. The van der Waals surface area contributed by atoms with Crippen LogP contribution in [0.3, 0.4) is 0 Å². The zero-order valence-electron chi connectivity index (χ0n) is 17.1. The lowest BCUT2D eigenvalue weighted by Gasteiger charge is -2.18. The summed E-state index contributed by atoms with van der Waals surface area (Å²) in [7, 11) is 1.49. The number of rotatable bonds is 9. The van der Waals surface area contributed by atoms with Gasteiger partial charge in [0.2, 0.25) is 0 Å². The summed E-state index contributed by atoms with van der Waals surface area (Å²) < 4.78 is 11.0. The monoisotopic (exact) mass is 418 g/mol. The molecule has 29 heavy (non-hydrogen) atoms. The van der Waals surface area contributed by atoms with Gasteiger partial charge in [-0.3, -0.25) is 9.59 Å². The van der Waals surface area contributed by atoms with Crippen molar-refractivity contribution in [1.29, 1.82) is 0 Å². The van der Waals surface area contributed by atoms with Crippen molar-refractivity contribution in [3.05, 3.63) is 58.6 Å². The van der Waals surface area contributed by atoms with Crippen molar-refractivity contribution in [2.75, 3.05) is 20.2 Å². The number of hydrogen-bond donors (Lipinski definition) is 2. The summed E-state index contributed by atoms with van der Waals surface area (Å²) >= 11 is 5.95. The Balaban J connectivity index is 1.83. The third-order valence-corrected chi connectivity index (χ3v) is 4.57. The predicted molar refractivity (Wildman–Crippen MR) is 114 cm³/mol. The van der Waals surface area contributed by atoms with Gasteiger partial charge in [0, 0.05) is 18.1 Å². The Hall–Kier alpha value is -2.73. The maximum atomic E-state index is 12.3. The summed E-state index contributed by atoms with van der Waals surface area (Å²) in [5.41, 5.74) is 1.39. The minimum atomic E-state index is -0.654. The van der Waals surface area contributed by atoms with E-state index in [1.54, 1.807) is 19.1 Å². The van der Waals surface area contributed by atoms with Crippen LogP contribution >= 0.6 is 11.6 Å². The van der Waals surface area contributed by atoms with Crippen LogP contribution in [0.5, 0.6) is 11.5 Å². The van der Waals surface area contributed by atoms with Crippen LogP contribution in [0.25, 0.3) is 0 Å². The molecule has 0 spiro atoms. The molecule has 0 aliphatic rings. The number of carbonyl (C=O) groups excluding carboxylic acids is 2. The topological polar surface area (TPSA) is 76.7 Å². The number of carbonyl (C=O) groups is 2. The number of halogens is 1. The molecule has 0 saturated heterocycles. The normalized spacial score (nSPS) is 11.7. The van der Waals surface area contributed by atoms with Gasteiger partial charge in [-0.1, -0.05) is 43.6 Å². The summed E-state index contributed by atoms with van der Waals surface area (Å²) in [6, 6.07) is 12.5. The number of benzene rings is 2. The van der Waals surface area contributed by atoms with Crippen LogP contribution < -0.4 is 20.1 Å². The number of nitrogens with one attached hydrogen (secondary N) is 2. The van der Waals surface area contributed by atoms with Gasteiger partial charge < -0.3 is 20.1 Å². The average Bonchev–Trinajstić information content (AvgIpc) is 2.70. The molecule has 0 bridgehead atoms. The second kappa shape index (κ2) is 10.7. The van der Waals surface area contributed by atoms with Crippen molar-refractivity contribution in [3.8, 4) is 11.5 Å². The zero-order chi connectivity index (χ0) is 21.4. The first-order valence-corrected chi connectivity index (χ1v) is 9.86. The molecule has 2 amide bonds. The highest BCUT2D eigenvalue weighted by Gasteiger charge is 2.17. The molecule has 0 aliphatic heterocycles. The first-order valence-electron chi connectivity index (χ1n) is 9.48. The molecule has 0 aliphatic carbocycles. The van der Waals surface area contributed by atoms with Crippen molar-refractivity contribution in [3.63, 3.8) is 0 Å². The maximum absolute atomic E-state index is 12.3. The maximum Gasteiger partial charge on any atom is 0.260 e. The van der Waals surface area contributed by atoms with Gasteiger partial charge in [0.25, 0.3) is 11.8 Å². The SMILES string of the molecule is COc1ccc(Cl)cc1C(=O)NCCNC(=O)C(C)Oc1ccccc1C(C)C. The zero-order valence-corrected chi connectivity index (χ0v) is 17.9. The summed E-state index contributed by atoms with van der Waals surface area (Å²) in [6.07, 6.45) is -0.654. The molecule has 2 aromatic carbocycles. The molecular weight excluding hydrogens is 392 g/mol. The quantitative estimate of drug-likeness (QED) is 0.607. The van der Waals surface area contributed by atoms with Gasteiger partial charge in [0.15, 0.2) is 6.10 Å². The molecule has 7 heteroatoms. The highest BCUT2D eigenvalue weighted by Crippen LogP contribution is 2.26. The average molecular weight is 419 g/mol. The first-order chi connectivity index (χ1) is 13.8. The van der Waals surface area contributed by atoms with Crippen molar-refractivity contribution in [2.24, 2.45) is 0 Å². The second-order valence-electron chi connectivity index (χ2n) is 6.84. The summed E-state index contributed by atoms with van der Waals surface area (Å²) in [5.74, 6) is 0.848. The van der Waals surface area contributed by atoms with Gasteiger partial charge in [0.05, 0.1) is 12.7 Å². The first kappa shape index (κ1) is 22.6. The predicted octanol–water partition coefficient (Wildman–Crippen LogP) is 3.79. The van der Waals surface area contributed by atoms with E-state index in [1.807, 2.05) is 24.3 Å². The largest absolute Gasteiger partial charge is 0.496 e. The van der Waals surface area contributed by atoms with Crippen molar-refractivity contribution in [1.82, 2.24) is 10.6 Å². The smallest absolute Gasteiger partial charge is 0.260 e. The second-order valence-corrected chi connectivity index (χ2v) is 7.28. The van der Waals surface area contributed by atoms with Crippen LogP contribution in [0.15, 0.2) is 42.5 Å². The summed E-state index contributed by atoms with van der Waals surface area (Å²) in [4.78, 5) is 24.6. The number of para-hydroxylation sites is 1. The van der Waals surface area contributed by atoms with Crippen LogP contribution in [-0.2, 0) is 4.79 Å². The van der Waals surface area contributed by atoms with E-state index in [9.17, 15) is 9.59 Å². The fourth-order valence-electron chi connectivity index (χ4n) is 2.77. The van der Waals surface area contributed by atoms with Crippen molar-refractivity contribution in [2.45, 2.75) is 32.8 Å². The van der Waals surface area contributed by atoms with Gasteiger partial charge >= 0.3 is 0 Å². The van der Waals surface area contributed by atoms with Gasteiger partial charge in [-0.15, -0.1) is 0 Å². The Labute approximate surface area is 176 Å². The van der Waals surface area contributed by atoms with Crippen LogP contribution in [0.4, 0.5) is 0 Å². The Kier molecular flexibility index (Phi) is 8.34. The molecule has 0 heterocycles. The molecule has 2 aromatic rings. The van der Waals surface area contributed by atoms with E-state index >= 15 is 0 Å². The van der Waals surface area contributed by atoms with Crippen LogP contribution in [-0.4, -0.2) is 38.1 Å². The standard InChI is InChI=1S/C22H27ClN2O4/c1-14(2)17-7-5-6-8-20(17)29-15(3)21(26)24-11-12-25-22(27)18-13-16(23)9-10-19(18)28-4/h5-10,13-15H,11-12H2,1-4H3,(H,24,26)(H,25,27). The number of hydrogen-bond acceptors (Lipinski definition) is 4. The van der Waals surface area contributed by atoms with Gasteiger partial charge in [0.1, 0.15) is 11.5 Å². The fraction of sp³-hybridized carbons (Fsp3) is 0.364. The summed E-state index contributed by atoms with van der Waals surface area (Å²) in [6.45, 7) is 6.37. The lowest BCUT2D eigenvalue weighted by Crippen LogP contribution is -2.40. The van der Waals surface area contributed by atoms with Crippen LogP contribution in [0.1, 0.15) is 42.6 Å². The highest BCUT2D eigenvalue weighted by atomic mass is 35.5. The molecule has 0 aromatic heterocycles. The van der Waals surface area contributed by atoms with E-state index in [0.29, 0.717) is 28.0 Å². The molecule has 156 valence electrons. The minimum absolute atomic E-state index is 0.252. The van der Waals surface area contributed by atoms with E-state index in [-0.39, 0.29) is 24.9 Å². The number of ether oxygens (including phenoxy) is 2. The van der Waals surface area contributed by atoms with Gasteiger partial charge in [-0.05, 0) is 42.7 Å². The fourth-order valence-corrected chi connectivity index (χ4v) is 2.94. The van der Waals surface area contributed by atoms with E-state index in [4.69, 9.17) is 21.1 Å². The molecule has 0 fully saturated rings. The molecular formula is C22H27ClN2O4. The lowest BCUT2D eigenvalue weighted by atomic mass is 10.0. The van der Waals surface area contributed by atoms with Crippen molar-refractivity contribution >= 4 is 23.4 Å². The third-order valence-electron chi connectivity index (χ3n) is 4.33. The van der Waals surface area contributed by atoms with E-state index in [1.165, 1.54) is 13.2 Å².